The van der Waals surface area contributed by atoms with E-state index in [1.165, 1.54) is 0 Å². The molecule has 2 aliphatic heterocycles. The van der Waals surface area contributed by atoms with Gasteiger partial charge in [-0.15, -0.1) is 0 Å². The van der Waals surface area contributed by atoms with Crippen molar-refractivity contribution >= 4 is 11.6 Å². The predicted octanol–water partition coefficient (Wildman–Crippen LogP) is 8.91. The van der Waals surface area contributed by atoms with E-state index in [2.05, 4.69) is 44.2 Å². The number of carbonyl (C=O) groups is 1. The molecule has 1 atom stereocenters. The number of hydrogen-bond donors (Lipinski definition) is 1. The number of ether oxygens (including phenoxy) is 2. The second-order valence-electron chi connectivity index (χ2n) is 14.4. The summed E-state index contributed by atoms with van der Waals surface area (Å²) in [5.74, 6) is 1.27. The van der Waals surface area contributed by atoms with Gasteiger partial charge in [-0.1, -0.05) is 123 Å². The van der Waals surface area contributed by atoms with E-state index in [0.29, 0.717) is 19.0 Å². The van der Waals surface area contributed by atoms with Gasteiger partial charge in [-0.2, -0.15) is 0 Å². The van der Waals surface area contributed by atoms with Crippen molar-refractivity contribution in [2.24, 2.45) is 0 Å². The predicted molar refractivity (Wildman–Crippen MR) is 191 cm³/mol. The molecule has 0 aromatic heterocycles. The summed E-state index contributed by atoms with van der Waals surface area (Å²) in [4.78, 5) is 17.8. The number of carbonyl (C=O) groups excluding carboxylic acids is 1. The zero-order chi connectivity index (χ0) is 33.5. The molecule has 0 radical (unpaired) electrons. The molecule has 7 rings (SSSR count). The fourth-order valence-electron chi connectivity index (χ4n) is 7.62. The maximum atomic E-state index is 15.8. The molecule has 2 aliphatic rings. The standard InChI is InChI=1S/C43H43NO4/c1-41(2)24-25-47-37-27-38(48-28-30-16-8-5-9-17-30)35(26-34(37)41)43(29-42(3,4)46)33-22-14-15-23-36(33)44(40(43)45)39(31-18-10-6-11-19-31)32-20-12-7-13-21-32/h5-23,26-27,39,46H,24-25,28-29H2,1-4H3. The minimum Gasteiger partial charge on any atom is -0.493 e. The lowest BCUT2D eigenvalue weighted by atomic mass is 9.67. The molecule has 2 heterocycles. The topological polar surface area (TPSA) is 59.0 Å². The van der Waals surface area contributed by atoms with Gasteiger partial charge in [-0.25, -0.2) is 0 Å². The number of rotatable bonds is 9. The Kier molecular flexibility index (Phi) is 8.13. The van der Waals surface area contributed by atoms with Crippen molar-refractivity contribution in [2.45, 2.75) is 69.6 Å². The number of benzene rings is 5. The number of aliphatic hydroxyl groups is 1. The highest BCUT2D eigenvalue weighted by Gasteiger charge is 2.57. The van der Waals surface area contributed by atoms with Gasteiger partial charge in [-0.05, 0) is 66.5 Å². The van der Waals surface area contributed by atoms with E-state index in [0.717, 1.165) is 51.2 Å². The maximum absolute atomic E-state index is 15.8. The lowest BCUT2D eigenvalue weighted by Crippen LogP contribution is -2.47. The normalized spacial score (nSPS) is 18.3. The molecule has 0 aliphatic carbocycles. The van der Waals surface area contributed by atoms with E-state index >= 15 is 4.79 Å². The molecular weight excluding hydrogens is 594 g/mol. The van der Waals surface area contributed by atoms with Crippen molar-refractivity contribution in [1.82, 2.24) is 0 Å². The molecule has 0 saturated carbocycles. The molecule has 0 fully saturated rings. The van der Waals surface area contributed by atoms with Gasteiger partial charge in [0.2, 0.25) is 5.91 Å². The van der Waals surface area contributed by atoms with E-state index < -0.39 is 17.1 Å². The average Bonchev–Trinajstić information content (AvgIpc) is 3.31. The SMILES string of the molecule is CC(C)(O)CC1(c2cc3c(cc2OCc2ccccc2)OCCC3(C)C)C(=O)N(C(c2ccccc2)c2ccccc2)c2ccccc21. The minimum absolute atomic E-state index is 0.0948. The second-order valence-corrected chi connectivity index (χ2v) is 14.4. The lowest BCUT2D eigenvalue weighted by Gasteiger charge is -2.39. The van der Waals surface area contributed by atoms with Crippen LogP contribution in [0.3, 0.4) is 0 Å². The smallest absolute Gasteiger partial charge is 0.243 e. The van der Waals surface area contributed by atoms with Crippen LogP contribution in [0.1, 0.15) is 80.0 Å². The van der Waals surface area contributed by atoms with Crippen LogP contribution in [0.15, 0.2) is 127 Å². The fraction of sp³-hybridized carbons (Fsp3) is 0.279. The Morgan fingerprint density at radius 3 is 2.00 bits per heavy atom. The van der Waals surface area contributed by atoms with Crippen molar-refractivity contribution in [3.05, 3.63) is 161 Å². The number of anilines is 1. The van der Waals surface area contributed by atoms with Crippen LogP contribution in [0.5, 0.6) is 11.5 Å². The van der Waals surface area contributed by atoms with Crippen LogP contribution >= 0.6 is 0 Å². The van der Waals surface area contributed by atoms with Gasteiger partial charge in [0.25, 0.3) is 0 Å². The van der Waals surface area contributed by atoms with Crippen molar-refractivity contribution in [1.29, 1.82) is 0 Å². The Balaban J connectivity index is 1.50. The first kappa shape index (κ1) is 31.7. The van der Waals surface area contributed by atoms with Crippen molar-refractivity contribution in [3.8, 4) is 11.5 Å². The Hall–Kier alpha value is -4.87. The molecular formula is C43H43NO4. The van der Waals surface area contributed by atoms with Gasteiger partial charge in [0.15, 0.2) is 0 Å². The fourth-order valence-corrected chi connectivity index (χ4v) is 7.62. The molecule has 0 spiro atoms. The van der Waals surface area contributed by atoms with Crippen molar-refractivity contribution in [2.75, 3.05) is 11.5 Å². The molecule has 5 heteroatoms. The Labute approximate surface area is 283 Å². The third kappa shape index (κ3) is 5.67. The van der Waals surface area contributed by atoms with Crippen LogP contribution in [0.4, 0.5) is 5.69 Å². The van der Waals surface area contributed by atoms with Gasteiger partial charge in [0.1, 0.15) is 23.5 Å². The van der Waals surface area contributed by atoms with Crippen LogP contribution in [0.2, 0.25) is 0 Å². The van der Waals surface area contributed by atoms with Gasteiger partial charge in [-0.3, -0.25) is 9.69 Å². The van der Waals surface area contributed by atoms with E-state index in [4.69, 9.17) is 9.47 Å². The zero-order valence-electron chi connectivity index (χ0n) is 28.1. The third-order valence-electron chi connectivity index (χ3n) is 9.89. The average molecular weight is 638 g/mol. The van der Waals surface area contributed by atoms with Crippen LogP contribution in [0, 0.1) is 0 Å². The highest BCUT2D eigenvalue weighted by Crippen LogP contribution is 2.57. The van der Waals surface area contributed by atoms with Crippen LogP contribution in [-0.2, 0) is 22.2 Å². The number of amides is 1. The number of para-hydroxylation sites is 1. The molecule has 1 N–H and O–H groups in total. The molecule has 48 heavy (non-hydrogen) atoms. The van der Waals surface area contributed by atoms with E-state index in [1.54, 1.807) is 13.8 Å². The molecule has 1 unspecified atom stereocenters. The van der Waals surface area contributed by atoms with Crippen molar-refractivity contribution in [3.63, 3.8) is 0 Å². The molecule has 5 nitrogen and oxygen atoms in total. The minimum atomic E-state index is -1.26. The summed E-state index contributed by atoms with van der Waals surface area (Å²) < 4.78 is 13.0. The van der Waals surface area contributed by atoms with Gasteiger partial charge < -0.3 is 14.6 Å². The molecule has 5 aromatic carbocycles. The second kappa shape index (κ2) is 12.3. The molecule has 5 aromatic rings. The zero-order valence-corrected chi connectivity index (χ0v) is 28.1. The number of fused-ring (bicyclic) bond motifs is 2. The summed E-state index contributed by atoms with van der Waals surface area (Å²) in [5, 5.41) is 11.7. The summed E-state index contributed by atoms with van der Waals surface area (Å²) in [5.41, 5.74) is 3.85. The summed E-state index contributed by atoms with van der Waals surface area (Å²) in [6, 6.07) is 42.2. The first-order valence-corrected chi connectivity index (χ1v) is 16.8. The number of hydrogen-bond acceptors (Lipinski definition) is 4. The quantitative estimate of drug-likeness (QED) is 0.175. The van der Waals surface area contributed by atoms with Crippen LogP contribution in [-0.4, -0.2) is 23.2 Å². The number of nitrogens with zero attached hydrogens (tertiary/aromatic N) is 1. The monoisotopic (exact) mass is 637 g/mol. The molecule has 1 amide bonds. The van der Waals surface area contributed by atoms with E-state index in [9.17, 15) is 5.11 Å². The van der Waals surface area contributed by atoms with Crippen LogP contribution < -0.4 is 14.4 Å². The van der Waals surface area contributed by atoms with E-state index in [-0.39, 0.29) is 17.7 Å². The highest BCUT2D eigenvalue weighted by molar-refractivity contribution is 6.12. The third-order valence-corrected chi connectivity index (χ3v) is 9.89. The summed E-state index contributed by atoms with van der Waals surface area (Å²) >= 11 is 0. The lowest BCUT2D eigenvalue weighted by molar-refractivity contribution is -0.124. The van der Waals surface area contributed by atoms with Gasteiger partial charge in [0.05, 0.1) is 18.2 Å². The van der Waals surface area contributed by atoms with Crippen LogP contribution in [0.25, 0.3) is 0 Å². The summed E-state index contributed by atoms with van der Waals surface area (Å²) in [6.07, 6.45) is 1.01. The van der Waals surface area contributed by atoms with E-state index in [1.807, 2.05) is 102 Å². The Morgan fingerprint density at radius 2 is 1.38 bits per heavy atom. The summed E-state index contributed by atoms with van der Waals surface area (Å²) in [7, 11) is 0. The summed E-state index contributed by atoms with van der Waals surface area (Å²) in [6.45, 7) is 8.96. The maximum Gasteiger partial charge on any atom is 0.243 e. The van der Waals surface area contributed by atoms with Crippen molar-refractivity contribution < 1.29 is 19.4 Å². The largest absolute Gasteiger partial charge is 0.493 e. The first-order chi connectivity index (χ1) is 23.1. The van der Waals surface area contributed by atoms with Gasteiger partial charge >= 0.3 is 0 Å². The Bertz CT molecular complexity index is 1870. The molecule has 0 bridgehead atoms. The molecule has 244 valence electrons. The Morgan fingerprint density at radius 1 is 0.792 bits per heavy atom. The highest BCUT2D eigenvalue weighted by atomic mass is 16.5. The van der Waals surface area contributed by atoms with Gasteiger partial charge in [0, 0.05) is 22.9 Å². The first-order valence-electron chi connectivity index (χ1n) is 16.8. The molecule has 0 saturated heterocycles.